The molecule has 1 heterocycles. The van der Waals surface area contributed by atoms with Crippen LogP contribution in [0.15, 0.2) is 29.8 Å². The normalized spacial score (nSPS) is 11.9. The molecule has 0 aliphatic heterocycles. The molecular weight excluding hydrogens is 314 g/mol. The predicted octanol–water partition coefficient (Wildman–Crippen LogP) is 3.82. The van der Waals surface area contributed by atoms with Crippen LogP contribution in [0.1, 0.15) is 32.4 Å². The van der Waals surface area contributed by atoms with Gasteiger partial charge in [0.1, 0.15) is 0 Å². The van der Waals surface area contributed by atoms with Crippen LogP contribution in [0.3, 0.4) is 0 Å². The number of thiazole rings is 1. The molecular formula is C16H21N3O3S. The Kier molecular flexibility index (Phi) is 5.81. The van der Waals surface area contributed by atoms with E-state index in [4.69, 9.17) is 9.47 Å². The molecule has 23 heavy (non-hydrogen) atoms. The Labute approximate surface area is 139 Å². The number of aromatic nitrogens is 1. The average molecular weight is 335 g/mol. The van der Waals surface area contributed by atoms with E-state index in [1.54, 1.807) is 18.7 Å². The zero-order valence-corrected chi connectivity index (χ0v) is 14.4. The first-order chi connectivity index (χ1) is 11.0. The highest BCUT2D eigenvalue weighted by molar-refractivity contribution is 7.13. The second kappa shape index (κ2) is 7.82. The SMILES string of the molecule is COc1cc([C@H](C)NC(=O)Nc2nccs2)ccc1OC(C)C. The van der Waals surface area contributed by atoms with Crippen molar-refractivity contribution in [2.45, 2.75) is 32.9 Å². The molecule has 6 nitrogen and oxygen atoms in total. The molecule has 2 amide bonds. The van der Waals surface area contributed by atoms with Gasteiger partial charge in [-0.05, 0) is 38.5 Å². The molecule has 1 aromatic heterocycles. The summed E-state index contributed by atoms with van der Waals surface area (Å²) in [7, 11) is 1.60. The van der Waals surface area contributed by atoms with Gasteiger partial charge in [-0.25, -0.2) is 9.78 Å². The molecule has 124 valence electrons. The topological polar surface area (TPSA) is 72.5 Å². The Morgan fingerprint density at radius 1 is 1.26 bits per heavy atom. The third kappa shape index (κ3) is 4.85. The number of amides is 2. The molecule has 0 aliphatic carbocycles. The standard InChI is InChI=1S/C16H21N3O3S/c1-10(2)22-13-6-5-12(9-14(13)21-4)11(3)18-15(20)19-16-17-7-8-23-16/h5-11H,1-4H3,(H2,17,18,19,20)/t11-/m0/s1. The van der Waals surface area contributed by atoms with Crippen molar-refractivity contribution in [1.29, 1.82) is 0 Å². The minimum atomic E-state index is -0.297. The average Bonchev–Trinajstić information content (AvgIpc) is 2.99. The summed E-state index contributed by atoms with van der Waals surface area (Å²) in [5, 5.41) is 7.92. The number of nitrogens with one attached hydrogen (secondary N) is 2. The molecule has 0 saturated carbocycles. The maximum absolute atomic E-state index is 11.9. The van der Waals surface area contributed by atoms with Crippen molar-refractivity contribution in [3.05, 3.63) is 35.3 Å². The minimum absolute atomic E-state index is 0.0642. The van der Waals surface area contributed by atoms with Crippen LogP contribution in [0.4, 0.5) is 9.93 Å². The summed E-state index contributed by atoms with van der Waals surface area (Å²) in [5.41, 5.74) is 0.923. The quantitative estimate of drug-likeness (QED) is 0.842. The van der Waals surface area contributed by atoms with E-state index in [9.17, 15) is 4.79 Å². The Hall–Kier alpha value is -2.28. The number of nitrogens with zero attached hydrogens (tertiary/aromatic N) is 1. The Balaban J connectivity index is 2.03. The van der Waals surface area contributed by atoms with Crippen LogP contribution in [0.5, 0.6) is 11.5 Å². The van der Waals surface area contributed by atoms with Gasteiger partial charge in [0.25, 0.3) is 0 Å². The van der Waals surface area contributed by atoms with E-state index >= 15 is 0 Å². The molecule has 0 aliphatic rings. The van der Waals surface area contributed by atoms with E-state index in [0.717, 1.165) is 5.56 Å². The lowest BCUT2D eigenvalue weighted by Crippen LogP contribution is -2.31. The van der Waals surface area contributed by atoms with Gasteiger partial charge in [0.05, 0.1) is 19.3 Å². The maximum atomic E-state index is 11.9. The van der Waals surface area contributed by atoms with Crippen LogP contribution < -0.4 is 20.1 Å². The first-order valence-electron chi connectivity index (χ1n) is 7.31. The van der Waals surface area contributed by atoms with E-state index in [0.29, 0.717) is 16.6 Å². The summed E-state index contributed by atoms with van der Waals surface area (Å²) in [5.74, 6) is 1.33. The second-order valence-corrected chi connectivity index (χ2v) is 6.13. The number of urea groups is 1. The highest BCUT2D eigenvalue weighted by Crippen LogP contribution is 2.31. The molecule has 0 spiro atoms. The summed E-state index contributed by atoms with van der Waals surface area (Å²) >= 11 is 1.37. The third-order valence-electron chi connectivity index (χ3n) is 3.05. The van der Waals surface area contributed by atoms with Crippen molar-refractivity contribution in [2.24, 2.45) is 0 Å². The third-order valence-corrected chi connectivity index (χ3v) is 3.74. The van der Waals surface area contributed by atoms with Gasteiger partial charge >= 0.3 is 6.03 Å². The lowest BCUT2D eigenvalue weighted by molar-refractivity contribution is 0.230. The van der Waals surface area contributed by atoms with Gasteiger partial charge in [0.2, 0.25) is 0 Å². The van der Waals surface area contributed by atoms with Crippen LogP contribution in [-0.4, -0.2) is 24.2 Å². The zero-order chi connectivity index (χ0) is 16.8. The Morgan fingerprint density at radius 2 is 2.04 bits per heavy atom. The molecule has 1 atom stereocenters. The van der Waals surface area contributed by atoms with Crippen LogP contribution in [0.2, 0.25) is 0 Å². The van der Waals surface area contributed by atoms with Gasteiger partial charge < -0.3 is 14.8 Å². The second-order valence-electron chi connectivity index (χ2n) is 5.23. The van der Waals surface area contributed by atoms with Crippen molar-refractivity contribution in [3.63, 3.8) is 0 Å². The van der Waals surface area contributed by atoms with Crippen molar-refractivity contribution in [2.75, 3.05) is 12.4 Å². The van der Waals surface area contributed by atoms with E-state index in [-0.39, 0.29) is 18.2 Å². The smallest absolute Gasteiger partial charge is 0.321 e. The Morgan fingerprint density at radius 3 is 2.65 bits per heavy atom. The molecule has 2 N–H and O–H groups in total. The molecule has 0 radical (unpaired) electrons. The van der Waals surface area contributed by atoms with Gasteiger partial charge in [-0.3, -0.25) is 5.32 Å². The minimum Gasteiger partial charge on any atom is -0.493 e. The van der Waals surface area contributed by atoms with Gasteiger partial charge in [0, 0.05) is 11.6 Å². The fourth-order valence-corrected chi connectivity index (χ4v) is 2.53. The number of anilines is 1. The fourth-order valence-electron chi connectivity index (χ4n) is 2.00. The summed E-state index contributed by atoms with van der Waals surface area (Å²) in [6, 6.07) is 5.15. The first-order valence-corrected chi connectivity index (χ1v) is 8.19. The number of hydrogen-bond acceptors (Lipinski definition) is 5. The maximum Gasteiger partial charge on any atom is 0.321 e. The van der Waals surface area contributed by atoms with E-state index < -0.39 is 0 Å². The molecule has 1 aromatic carbocycles. The lowest BCUT2D eigenvalue weighted by Gasteiger charge is -2.18. The molecule has 0 fully saturated rings. The summed E-state index contributed by atoms with van der Waals surface area (Å²) in [6.45, 7) is 5.82. The number of carbonyl (C=O) groups is 1. The van der Waals surface area contributed by atoms with Gasteiger partial charge in [0.15, 0.2) is 16.6 Å². The summed E-state index contributed by atoms with van der Waals surface area (Å²) in [4.78, 5) is 16.0. The van der Waals surface area contributed by atoms with Crippen molar-refractivity contribution < 1.29 is 14.3 Å². The van der Waals surface area contributed by atoms with Crippen LogP contribution >= 0.6 is 11.3 Å². The molecule has 0 bridgehead atoms. The zero-order valence-electron chi connectivity index (χ0n) is 13.6. The van der Waals surface area contributed by atoms with Gasteiger partial charge in [-0.2, -0.15) is 0 Å². The number of carbonyl (C=O) groups excluding carboxylic acids is 1. The molecule has 7 heteroatoms. The summed E-state index contributed by atoms with van der Waals surface area (Å²) < 4.78 is 11.1. The number of rotatable bonds is 6. The van der Waals surface area contributed by atoms with Gasteiger partial charge in [-0.15, -0.1) is 11.3 Å². The summed E-state index contributed by atoms with van der Waals surface area (Å²) in [6.07, 6.45) is 1.71. The number of methoxy groups -OCH3 is 1. The van der Waals surface area contributed by atoms with E-state index in [1.165, 1.54) is 11.3 Å². The van der Waals surface area contributed by atoms with Crippen molar-refractivity contribution in [3.8, 4) is 11.5 Å². The van der Waals surface area contributed by atoms with Crippen molar-refractivity contribution in [1.82, 2.24) is 10.3 Å². The highest BCUT2D eigenvalue weighted by Gasteiger charge is 2.14. The number of hydrogen-bond donors (Lipinski definition) is 2. The highest BCUT2D eigenvalue weighted by atomic mass is 32.1. The Bertz CT molecular complexity index is 644. The lowest BCUT2D eigenvalue weighted by atomic mass is 10.1. The van der Waals surface area contributed by atoms with Crippen molar-refractivity contribution >= 4 is 22.5 Å². The van der Waals surface area contributed by atoms with E-state index in [2.05, 4.69) is 15.6 Å². The number of ether oxygens (including phenoxy) is 2. The largest absolute Gasteiger partial charge is 0.493 e. The number of benzene rings is 1. The fraction of sp³-hybridized carbons (Fsp3) is 0.375. The molecule has 2 aromatic rings. The molecule has 0 saturated heterocycles. The molecule has 2 rings (SSSR count). The van der Waals surface area contributed by atoms with Gasteiger partial charge in [-0.1, -0.05) is 6.07 Å². The van der Waals surface area contributed by atoms with E-state index in [1.807, 2.05) is 39.0 Å². The monoisotopic (exact) mass is 335 g/mol. The first kappa shape index (κ1) is 17.1. The predicted molar refractivity (Wildman–Crippen MR) is 91.4 cm³/mol. The molecule has 0 unspecified atom stereocenters. The van der Waals surface area contributed by atoms with Crippen LogP contribution in [0.25, 0.3) is 0 Å². The van der Waals surface area contributed by atoms with Crippen LogP contribution in [0, 0.1) is 0 Å². The van der Waals surface area contributed by atoms with Crippen LogP contribution in [-0.2, 0) is 0 Å².